The molecular weight excluding hydrogens is 373 g/mol. The van der Waals surface area contributed by atoms with Crippen molar-refractivity contribution in [3.8, 4) is 5.75 Å². The molecule has 0 unspecified atom stereocenters. The van der Waals surface area contributed by atoms with Gasteiger partial charge in [-0.05, 0) is 52.3 Å². The van der Waals surface area contributed by atoms with Gasteiger partial charge in [-0.3, -0.25) is 4.79 Å². The molecule has 22 heavy (non-hydrogen) atoms. The van der Waals surface area contributed by atoms with E-state index < -0.39 is 5.82 Å². The zero-order chi connectivity index (χ0) is 16.1. The number of carbonyl (C=O) groups excluding carboxylic acids is 1. The van der Waals surface area contributed by atoms with E-state index >= 15 is 0 Å². The summed E-state index contributed by atoms with van der Waals surface area (Å²) in [5, 5.41) is 0.589. The van der Waals surface area contributed by atoms with Gasteiger partial charge < -0.3 is 9.64 Å². The smallest absolute Gasteiger partial charge is 0.254 e. The van der Waals surface area contributed by atoms with Gasteiger partial charge in [0.2, 0.25) is 0 Å². The van der Waals surface area contributed by atoms with E-state index in [4.69, 9.17) is 16.3 Å². The maximum absolute atomic E-state index is 13.3. The van der Waals surface area contributed by atoms with Gasteiger partial charge in [-0.1, -0.05) is 17.7 Å². The van der Waals surface area contributed by atoms with Crippen LogP contribution in [0, 0.1) is 5.82 Å². The Kier molecular flexibility index (Phi) is 5.80. The summed E-state index contributed by atoms with van der Waals surface area (Å²) < 4.78 is 19.3. The highest BCUT2D eigenvalue weighted by Crippen LogP contribution is 2.20. The van der Waals surface area contributed by atoms with Gasteiger partial charge in [0.25, 0.3) is 5.91 Å². The maximum atomic E-state index is 13.3. The highest BCUT2D eigenvalue weighted by Gasteiger charge is 2.15. The minimum absolute atomic E-state index is 0.277. The first-order chi connectivity index (χ1) is 10.5. The summed E-state index contributed by atoms with van der Waals surface area (Å²) in [6.45, 7) is 0.684. The molecule has 0 aromatic heterocycles. The topological polar surface area (TPSA) is 29.5 Å². The van der Waals surface area contributed by atoms with Crippen LogP contribution in [0.25, 0.3) is 0 Å². The third-order valence-corrected chi connectivity index (χ3v) is 3.92. The lowest BCUT2D eigenvalue weighted by molar-refractivity contribution is 0.0772. The van der Waals surface area contributed by atoms with Crippen molar-refractivity contribution in [3.63, 3.8) is 0 Å². The molecule has 0 atom stereocenters. The lowest BCUT2D eigenvalue weighted by atomic mass is 10.2. The molecule has 6 heteroatoms. The molecule has 0 aliphatic heterocycles. The van der Waals surface area contributed by atoms with Crippen LogP contribution in [-0.2, 0) is 0 Å². The van der Waals surface area contributed by atoms with E-state index in [1.54, 1.807) is 31.3 Å². The lowest BCUT2D eigenvalue weighted by Crippen LogP contribution is -2.31. The Morgan fingerprint density at radius 3 is 2.82 bits per heavy atom. The fourth-order valence-corrected chi connectivity index (χ4v) is 2.42. The third-order valence-electron chi connectivity index (χ3n) is 3.00. The lowest BCUT2D eigenvalue weighted by Gasteiger charge is -2.18. The molecule has 0 heterocycles. The zero-order valence-electron chi connectivity index (χ0n) is 11.9. The number of hydrogen-bond donors (Lipinski definition) is 0. The summed E-state index contributed by atoms with van der Waals surface area (Å²) in [7, 11) is 1.64. The number of ether oxygens (including phenoxy) is 1. The summed E-state index contributed by atoms with van der Waals surface area (Å²) >= 11 is 9.12. The second kappa shape index (κ2) is 7.61. The molecule has 0 aliphatic carbocycles. The SMILES string of the molecule is CN(CCOc1cccc(Cl)c1)C(=O)c1cc(F)ccc1Br. The number of rotatable bonds is 5. The van der Waals surface area contributed by atoms with Crippen LogP contribution in [0.2, 0.25) is 5.02 Å². The van der Waals surface area contributed by atoms with Crippen molar-refractivity contribution < 1.29 is 13.9 Å². The monoisotopic (exact) mass is 385 g/mol. The first-order valence-corrected chi connectivity index (χ1v) is 7.73. The predicted molar refractivity (Wildman–Crippen MR) is 88.0 cm³/mol. The van der Waals surface area contributed by atoms with Gasteiger partial charge in [-0.2, -0.15) is 0 Å². The minimum Gasteiger partial charge on any atom is -0.492 e. The normalized spacial score (nSPS) is 10.4. The Morgan fingerprint density at radius 2 is 2.09 bits per heavy atom. The van der Waals surface area contributed by atoms with E-state index in [9.17, 15) is 9.18 Å². The molecule has 3 nitrogen and oxygen atoms in total. The number of likely N-dealkylation sites (N-methyl/N-ethyl adjacent to an activating group) is 1. The Labute approximate surface area is 141 Å². The van der Waals surface area contributed by atoms with Gasteiger partial charge in [0, 0.05) is 16.5 Å². The van der Waals surface area contributed by atoms with Gasteiger partial charge in [0.1, 0.15) is 18.2 Å². The van der Waals surface area contributed by atoms with Gasteiger partial charge in [0.05, 0.1) is 12.1 Å². The Bertz CT molecular complexity index is 681. The summed E-state index contributed by atoms with van der Waals surface area (Å²) in [6.07, 6.45) is 0. The van der Waals surface area contributed by atoms with E-state index in [1.165, 1.54) is 23.1 Å². The molecule has 0 spiro atoms. The largest absolute Gasteiger partial charge is 0.492 e. The minimum atomic E-state index is -0.449. The average molecular weight is 387 g/mol. The number of nitrogens with zero attached hydrogens (tertiary/aromatic N) is 1. The average Bonchev–Trinajstić information content (AvgIpc) is 2.49. The van der Waals surface area contributed by atoms with Crippen molar-refractivity contribution in [1.82, 2.24) is 4.90 Å². The van der Waals surface area contributed by atoms with Gasteiger partial charge in [0.15, 0.2) is 0 Å². The molecule has 1 amide bonds. The standard InChI is InChI=1S/C16H14BrClFNO2/c1-20(7-8-22-13-4-2-3-11(18)9-13)16(21)14-10-12(19)5-6-15(14)17/h2-6,9-10H,7-8H2,1H3. The quantitative estimate of drug-likeness (QED) is 0.762. The van der Waals surface area contributed by atoms with E-state index in [-0.39, 0.29) is 11.5 Å². The van der Waals surface area contributed by atoms with Crippen molar-refractivity contribution in [1.29, 1.82) is 0 Å². The maximum Gasteiger partial charge on any atom is 0.254 e. The van der Waals surface area contributed by atoms with Gasteiger partial charge in [-0.15, -0.1) is 0 Å². The first kappa shape index (κ1) is 16.8. The highest BCUT2D eigenvalue weighted by molar-refractivity contribution is 9.10. The second-order valence-corrected chi connectivity index (χ2v) is 5.95. The van der Waals surface area contributed by atoms with E-state index in [0.29, 0.717) is 28.4 Å². The number of carbonyl (C=O) groups is 1. The molecule has 0 bridgehead atoms. The summed E-state index contributed by atoms with van der Waals surface area (Å²) in [5.74, 6) is -0.0866. The third kappa shape index (κ3) is 4.45. The molecule has 0 radical (unpaired) electrons. The Hall–Kier alpha value is -1.59. The number of halogens is 3. The van der Waals surface area contributed by atoms with Gasteiger partial charge in [-0.25, -0.2) is 4.39 Å². The molecule has 2 rings (SSSR count). The molecule has 2 aromatic carbocycles. The predicted octanol–water partition coefficient (Wildman–Crippen LogP) is 4.39. The van der Waals surface area contributed by atoms with Crippen molar-refractivity contribution in [3.05, 3.63) is 63.3 Å². The highest BCUT2D eigenvalue weighted by atomic mass is 79.9. The molecule has 0 fully saturated rings. The van der Waals surface area contributed by atoms with Crippen LogP contribution >= 0.6 is 27.5 Å². The fourth-order valence-electron chi connectivity index (χ4n) is 1.83. The number of hydrogen-bond acceptors (Lipinski definition) is 2. The summed E-state index contributed by atoms with van der Waals surface area (Å²) in [5.41, 5.74) is 0.283. The van der Waals surface area contributed by atoms with Crippen molar-refractivity contribution in [2.24, 2.45) is 0 Å². The van der Waals surface area contributed by atoms with Crippen molar-refractivity contribution >= 4 is 33.4 Å². The molecule has 0 saturated carbocycles. The molecular formula is C16H14BrClFNO2. The van der Waals surface area contributed by atoms with Crippen LogP contribution < -0.4 is 4.74 Å². The summed E-state index contributed by atoms with van der Waals surface area (Å²) in [4.78, 5) is 13.7. The van der Waals surface area contributed by atoms with Crippen LogP contribution in [-0.4, -0.2) is 31.0 Å². The molecule has 0 saturated heterocycles. The van der Waals surface area contributed by atoms with Crippen molar-refractivity contribution in [2.75, 3.05) is 20.2 Å². The first-order valence-electron chi connectivity index (χ1n) is 6.56. The van der Waals surface area contributed by atoms with Crippen LogP contribution in [0.5, 0.6) is 5.75 Å². The molecule has 116 valence electrons. The second-order valence-electron chi connectivity index (χ2n) is 4.66. The fraction of sp³-hybridized carbons (Fsp3) is 0.188. The van der Waals surface area contributed by atoms with E-state index in [2.05, 4.69) is 15.9 Å². The van der Waals surface area contributed by atoms with E-state index in [1.807, 2.05) is 0 Å². The summed E-state index contributed by atoms with van der Waals surface area (Å²) in [6, 6.07) is 11.0. The van der Waals surface area contributed by atoms with Crippen LogP contribution in [0.3, 0.4) is 0 Å². The molecule has 0 N–H and O–H groups in total. The number of amides is 1. The van der Waals surface area contributed by atoms with Crippen LogP contribution in [0.15, 0.2) is 46.9 Å². The number of benzene rings is 2. The van der Waals surface area contributed by atoms with Gasteiger partial charge >= 0.3 is 0 Å². The van der Waals surface area contributed by atoms with E-state index in [0.717, 1.165) is 0 Å². The Morgan fingerprint density at radius 1 is 1.32 bits per heavy atom. The van der Waals surface area contributed by atoms with Crippen molar-refractivity contribution in [2.45, 2.75) is 0 Å². The van der Waals surface area contributed by atoms with Crippen LogP contribution in [0.1, 0.15) is 10.4 Å². The molecule has 2 aromatic rings. The zero-order valence-corrected chi connectivity index (χ0v) is 14.2. The van der Waals surface area contributed by atoms with Crippen LogP contribution in [0.4, 0.5) is 4.39 Å². The molecule has 0 aliphatic rings. The Balaban J connectivity index is 1.93.